The predicted octanol–water partition coefficient (Wildman–Crippen LogP) is 5.07. The van der Waals surface area contributed by atoms with Crippen LogP contribution in [0.4, 0.5) is 5.69 Å². The molecular formula is C23H23BrClN2O7S4-. The standard InChI is InChI=1S/C23H24BrClN2O7S4/c1-2-15(11-21-26(7-3-9-37(28,29)30)18-14-20(24)36-23(18)34-21)12-22-27(8-4-10-38(31,32)33)17-13-16(25)5-6-19(17)35-22/h5-6,11-14H,2-4,7-10H2,1H3,(H-,28,29,30,31,32,33)/p-1. The smallest absolute Gasteiger partial charge is 0.263 e. The van der Waals surface area contributed by atoms with Crippen LogP contribution in [0, 0.1) is 0 Å². The Hall–Kier alpha value is -1.52. The highest BCUT2D eigenvalue weighted by Gasteiger charge is 2.29. The van der Waals surface area contributed by atoms with E-state index in [9.17, 15) is 25.9 Å². The summed E-state index contributed by atoms with van der Waals surface area (Å²) >= 11 is 12.6. The van der Waals surface area contributed by atoms with Gasteiger partial charge in [0.05, 0.1) is 29.7 Å². The van der Waals surface area contributed by atoms with Gasteiger partial charge in [-0.25, -0.2) is 16.8 Å². The van der Waals surface area contributed by atoms with Gasteiger partial charge in [0, 0.05) is 47.7 Å². The molecule has 1 aliphatic rings. The Balaban J connectivity index is 1.68. The van der Waals surface area contributed by atoms with Crippen LogP contribution >= 0.6 is 50.2 Å². The van der Waals surface area contributed by atoms with E-state index in [1.807, 2.05) is 46.7 Å². The van der Waals surface area contributed by atoms with Gasteiger partial charge in [-0.2, -0.15) is 4.57 Å². The summed E-state index contributed by atoms with van der Waals surface area (Å²) in [4.78, 5) is 1.85. The molecule has 4 rings (SSSR count). The third kappa shape index (κ3) is 7.56. The monoisotopic (exact) mass is 681 g/mol. The number of aromatic nitrogens is 1. The Morgan fingerprint density at radius 1 is 1.13 bits per heavy atom. The second kappa shape index (κ2) is 11.9. The Morgan fingerprint density at radius 2 is 1.84 bits per heavy atom. The summed E-state index contributed by atoms with van der Waals surface area (Å²) in [5.74, 6) is -0.425. The number of hydrogen-bond acceptors (Lipinski definition) is 10. The van der Waals surface area contributed by atoms with Gasteiger partial charge in [0.1, 0.15) is 4.70 Å². The van der Waals surface area contributed by atoms with Crippen LogP contribution in [0.1, 0.15) is 31.2 Å². The zero-order chi connectivity index (χ0) is 27.7. The molecule has 0 atom stereocenters. The van der Waals surface area contributed by atoms with Gasteiger partial charge in [0.2, 0.25) is 16.5 Å². The van der Waals surface area contributed by atoms with Crippen molar-refractivity contribution in [3.63, 3.8) is 0 Å². The maximum absolute atomic E-state index is 11.2. The molecule has 38 heavy (non-hydrogen) atoms. The lowest BCUT2D eigenvalue weighted by Gasteiger charge is -2.19. The molecule has 9 nitrogen and oxygen atoms in total. The fraction of sp³-hybridized carbons (Fsp3) is 0.348. The fourth-order valence-electron chi connectivity index (χ4n) is 3.98. The zero-order valence-electron chi connectivity index (χ0n) is 20.1. The third-order valence-electron chi connectivity index (χ3n) is 5.67. The first-order chi connectivity index (χ1) is 17.8. The van der Waals surface area contributed by atoms with Crippen LogP contribution in [0.3, 0.4) is 0 Å². The SMILES string of the molecule is CCC(=Cc1sc2ccc(Cl)cc2[n+]1CCCS(=O)(=O)[O-])C=C1Oc2sc(Br)cc2N1CCCS(=O)(=O)[O-]. The second-order valence-corrected chi connectivity index (χ2v) is 15.4. The van der Waals surface area contributed by atoms with Crippen molar-refractivity contribution in [3.05, 3.63) is 55.6 Å². The highest BCUT2D eigenvalue weighted by atomic mass is 79.9. The molecule has 0 N–H and O–H groups in total. The molecule has 0 radical (unpaired) electrons. The van der Waals surface area contributed by atoms with Gasteiger partial charge in [-0.3, -0.25) is 0 Å². The van der Waals surface area contributed by atoms with E-state index in [1.54, 1.807) is 6.07 Å². The van der Waals surface area contributed by atoms with E-state index < -0.39 is 31.7 Å². The molecule has 0 unspecified atom stereocenters. The van der Waals surface area contributed by atoms with Crippen LogP contribution in [0.2, 0.25) is 5.02 Å². The first-order valence-corrected chi connectivity index (χ1v) is 17.4. The number of benzene rings is 1. The van der Waals surface area contributed by atoms with Crippen LogP contribution in [0.5, 0.6) is 5.06 Å². The van der Waals surface area contributed by atoms with E-state index in [0.717, 1.165) is 30.3 Å². The van der Waals surface area contributed by atoms with Crippen molar-refractivity contribution in [1.29, 1.82) is 0 Å². The van der Waals surface area contributed by atoms with Crippen LogP contribution in [-0.2, 0) is 26.8 Å². The van der Waals surface area contributed by atoms with Gasteiger partial charge in [-0.1, -0.05) is 41.2 Å². The molecule has 0 saturated carbocycles. The van der Waals surface area contributed by atoms with Crippen molar-refractivity contribution in [3.8, 4) is 5.06 Å². The molecule has 1 aliphatic heterocycles. The van der Waals surface area contributed by atoms with Gasteiger partial charge in [-0.05, 0) is 52.5 Å². The number of aryl methyl sites for hydroxylation is 1. The van der Waals surface area contributed by atoms with Crippen LogP contribution in [0.25, 0.3) is 16.3 Å². The average molecular weight is 683 g/mol. The Bertz CT molecular complexity index is 1630. The third-order valence-corrected chi connectivity index (χ3v) is 10.1. The second-order valence-electron chi connectivity index (χ2n) is 8.47. The molecule has 1 aromatic carbocycles. The lowest BCUT2D eigenvalue weighted by molar-refractivity contribution is -0.668. The van der Waals surface area contributed by atoms with E-state index in [-0.39, 0.29) is 19.4 Å². The number of thiophene rings is 1. The van der Waals surface area contributed by atoms with Gasteiger partial charge >= 0.3 is 0 Å². The van der Waals surface area contributed by atoms with Crippen molar-refractivity contribution in [2.45, 2.75) is 32.7 Å². The first kappa shape index (κ1) is 29.5. The highest BCUT2D eigenvalue weighted by Crippen LogP contribution is 2.48. The molecule has 0 saturated heterocycles. The lowest BCUT2D eigenvalue weighted by atomic mass is 10.2. The highest BCUT2D eigenvalue weighted by molar-refractivity contribution is 9.11. The van der Waals surface area contributed by atoms with Gasteiger partial charge < -0.3 is 18.7 Å². The molecule has 15 heteroatoms. The number of thiazole rings is 1. The number of nitrogens with zero attached hydrogens (tertiary/aromatic N) is 2. The molecule has 0 aliphatic carbocycles. The Morgan fingerprint density at radius 3 is 2.53 bits per heavy atom. The number of allylic oxidation sites excluding steroid dienone is 2. The van der Waals surface area contributed by atoms with E-state index in [0.29, 0.717) is 28.9 Å². The number of halogens is 2. The normalized spacial score (nSPS) is 15.4. The van der Waals surface area contributed by atoms with Crippen molar-refractivity contribution in [1.82, 2.24) is 0 Å². The predicted molar refractivity (Wildman–Crippen MR) is 152 cm³/mol. The summed E-state index contributed by atoms with van der Waals surface area (Å²) < 4.78 is 76.7. The van der Waals surface area contributed by atoms with Crippen LogP contribution in [-0.4, -0.2) is 44.0 Å². The zero-order valence-corrected chi connectivity index (χ0v) is 25.7. The molecule has 206 valence electrons. The minimum Gasteiger partial charge on any atom is -0.748 e. The molecule has 0 spiro atoms. The number of hydrogen-bond donors (Lipinski definition) is 0. The lowest BCUT2D eigenvalue weighted by Crippen LogP contribution is -2.36. The largest absolute Gasteiger partial charge is 0.748 e. The van der Waals surface area contributed by atoms with Crippen LogP contribution in [0.15, 0.2) is 45.6 Å². The van der Waals surface area contributed by atoms with E-state index in [4.69, 9.17) is 16.3 Å². The summed E-state index contributed by atoms with van der Waals surface area (Å²) in [6.45, 7) is 2.58. The number of fused-ring (bicyclic) bond motifs is 2. The number of anilines is 1. The summed E-state index contributed by atoms with van der Waals surface area (Å²) in [6, 6.07) is 7.37. The minimum absolute atomic E-state index is 0.143. The van der Waals surface area contributed by atoms with Crippen molar-refractivity contribution < 1.29 is 35.2 Å². The van der Waals surface area contributed by atoms with Crippen molar-refractivity contribution in [2.24, 2.45) is 0 Å². The quantitative estimate of drug-likeness (QED) is 0.202. The Labute approximate surface area is 242 Å². The first-order valence-electron chi connectivity index (χ1n) is 11.5. The van der Waals surface area contributed by atoms with Crippen molar-refractivity contribution in [2.75, 3.05) is 23.0 Å². The topological polar surface area (TPSA) is 131 Å². The molecular weight excluding hydrogens is 660 g/mol. The summed E-state index contributed by atoms with van der Waals surface area (Å²) in [6.07, 6.45) is 4.79. The van der Waals surface area contributed by atoms with Gasteiger partial charge in [-0.15, -0.1) is 0 Å². The molecule has 0 amide bonds. The number of rotatable bonds is 11. The van der Waals surface area contributed by atoms with Gasteiger partial charge in [0.15, 0.2) is 6.54 Å². The average Bonchev–Trinajstić information content (AvgIpc) is 3.42. The number of ether oxygens (including phenoxy) is 1. The summed E-state index contributed by atoms with van der Waals surface area (Å²) in [5.41, 5.74) is 2.53. The molecule has 3 heterocycles. The van der Waals surface area contributed by atoms with Gasteiger partial charge in [0.25, 0.3) is 5.01 Å². The molecule has 2 aromatic heterocycles. The maximum atomic E-state index is 11.2. The fourth-order valence-corrected chi connectivity index (χ4v) is 7.66. The van der Waals surface area contributed by atoms with Crippen molar-refractivity contribution >= 4 is 92.4 Å². The van der Waals surface area contributed by atoms with E-state index in [2.05, 4.69) is 15.9 Å². The molecule has 0 bridgehead atoms. The van der Waals surface area contributed by atoms with E-state index >= 15 is 0 Å². The molecule has 0 fully saturated rings. The minimum atomic E-state index is -4.33. The molecule has 3 aromatic rings. The van der Waals surface area contributed by atoms with Crippen LogP contribution < -0.4 is 14.2 Å². The summed E-state index contributed by atoms with van der Waals surface area (Å²) in [5, 5.41) is 2.05. The van der Waals surface area contributed by atoms with E-state index in [1.165, 1.54) is 22.7 Å². The Kier molecular flexibility index (Phi) is 9.24. The summed E-state index contributed by atoms with van der Waals surface area (Å²) in [7, 11) is -8.67. The maximum Gasteiger partial charge on any atom is 0.263 e.